The molecule has 0 radical (unpaired) electrons. The van der Waals surface area contributed by atoms with Crippen LogP contribution < -0.4 is 10.5 Å². The Hall–Kier alpha value is -2.89. The van der Waals surface area contributed by atoms with Gasteiger partial charge < -0.3 is 4.90 Å². The molecule has 1 aromatic carbocycles. The number of hydrogen-bond acceptors (Lipinski definition) is 6. The van der Waals surface area contributed by atoms with Crippen molar-refractivity contribution in [1.29, 1.82) is 5.26 Å². The van der Waals surface area contributed by atoms with E-state index in [9.17, 15) is 14.9 Å². The van der Waals surface area contributed by atoms with Crippen LogP contribution in [0.3, 0.4) is 0 Å². The van der Waals surface area contributed by atoms with Gasteiger partial charge in [0, 0.05) is 26.2 Å². The maximum atomic E-state index is 13.3. The average molecular weight is 481 g/mol. The number of unbranched alkanes of at least 4 members (excludes halogenated alkanes) is 1. The van der Waals surface area contributed by atoms with Gasteiger partial charge in [0.1, 0.15) is 21.8 Å². The highest BCUT2D eigenvalue weighted by atomic mass is 32.2. The molecule has 2 aromatic rings. The van der Waals surface area contributed by atoms with Gasteiger partial charge in [-0.15, -0.1) is 0 Å². The first kappa shape index (κ1) is 24.7. The van der Waals surface area contributed by atoms with Gasteiger partial charge in [-0.05, 0) is 37.5 Å². The first-order valence-corrected chi connectivity index (χ1v) is 12.1. The fraction of sp³-hybridized carbons (Fsp3) is 0.360. The molecule has 1 aromatic heterocycles. The van der Waals surface area contributed by atoms with Gasteiger partial charge >= 0.3 is 0 Å². The third-order valence-corrected chi connectivity index (χ3v) is 7.16. The predicted octanol–water partition coefficient (Wildman–Crippen LogP) is 4.51. The number of thioether (sulfide) groups is 1. The van der Waals surface area contributed by atoms with E-state index >= 15 is 0 Å². The minimum atomic E-state index is -0.336. The largest absolute Gasteiger partial charge is 0.360 e. The van der Waals surface area contributed by atoms with Gasteiger partial charge in [-0.3, -0.25) is 19.1 Å². The summed E-state index contributed by atoms with van der Waals surface area (Å²) < 4.78 is 2.00. The molecule has 1 fully saturated rings. The number of anilines is 1. The summed E-state index contributed by atoms with van der Waals surface area (Å²) in [5, 5.41) is 9.60. The molecule has 8 heteroatoms. The van der Waals surface area contributed by atoms with Crippen molar-refractivity contribution in [3.05, 3.63) is 67.3 Å². The molecule has 6 nitrogen and oxygen atoms in total. The lowest BCUT2D eigenvalue weighted by Crippen LogP contribution is -2.31. The SMILES string of the molecule is CCCCN(C)c1c(/C=C2\SC(=S)N(Cc3ccc(C)cc3)C2=O)c(C)c(C#N)c(=O)n1C. The Morgan fingerprint density at radius 3 is 2.48 bits per heavy atom. The molecular formula is C25H28N4O2S2. The molecule has 0 atom stereocenters. The van der Waals surface area contributed by atoms with Crippen LogP contribution in [0.2, 0.25) is 0 Å². The van der Waals surface area contributed by atoms with Crippen molar-refractivity contribution < 1.29 is 4.79 Å². The fourth-order valence-corrected chi connectivity index (χ4v) is 5.06. The van der Waals surface area contributed by atoms with E-state index in [2.05, 4.69) is 6.92 Å². The van der Waals surface area contributed by atoms with Crippen LogP contribution in [0.5, 0.6) is 0 Å². The maximum Gasteiger partial charge on any atom is 0.270 e. The van der Waals surface area contributed by atoms with Gasteiger partial charge in [-0.1, -0.05) is 67.2 Å². The number of nitrogens with zero attached hydrogens (tertiary/aromatic N) is 4. The fourth-order valence-electron chi connectivity index (χ4n) is 3.82. The molecule has 0 bridgehead atoms. The topological polar surface area (TPSA) is 69.3 Å². The van der Waals surface area contributed by atoms with Crippen LogP contribution in [0.25, 0.3) is 6.08 Å². The summed E-state index contributed by atoms with van der Waals surface area (Å²) in [5.41, 5.74) is 3.18. The van der Waals surface area contributed by atoms with E-state index in [1.165, 1.54) is 16.3 Å². The van der Waals surface area contributed by atoms with E-state index in [0.717, 1.165) is 30.5 Å². The van der Waals surface area contributed by atoms with Crippen molar-refractivity contribution >= 4 is 46.1 Å². The second-order valence-corrected chi connectivity index (χ2v) is 9.92. The summed E-state index contributed by atoms with van der Waals surface area (Å²) in [5.74, 6) is 0.522. The van der Waals surface area contributed by atoms with Crippen LogP contribution in [0.1, 0.15) is 47.6 Å². The molecule has 33 heavy (non-hydrogen) atoms. The Morgan fingerprint density at radius 2 is 1.88 bits per heavy atom. The smallest absolute Gasteiger partial charge is 0.270 e. The van der Waals surface area contributed by atoms with Crippen LogP contribution in [0.4, 0.5) is 5.82 Å². The molecule has 1 amide bonds. The first-order valence-electron chi connectivity index (χ1n) is 10.8. The lowest BCUT2D eigenvalue weighted by molar-refractivity contribution is -0.122. The highest BCUT2D eigenvalue weighted by Crippen LogP contribution is 2.36. The van der Waals surface area contributed by atoms with Crippen molar-refractivity contribution in [1.82, 2.24) is 9.47 Å². The van der Waals surface area contributed by atoms with Crippen LogP contribution >= 0.6 is 24.0 Å². The molecule has 1 aliphatic heterocycles. The van der Waals surface area contributed by atoms with E-state index in [-0.39, 0.29) is 17.0 Å². The number of aryl methyl sites for hydroxylation is 1. The van der Waals surface area contributed by atoms with Crippen LogP contribution in [-0.4, -0.2) is 33.3 Å². The molecular weight excluding hydrogens is 452 g/mol. The van der Waals surface area contributed by atoms with Crippen molar-refractivity contribution in [3.8, 4) is 6.07 Å². The van der Waals surface area contributed by atoms with Gasteiger partial charge in [0.25, 0.3) is 11.5 Å². The molecule has 1 aliphatic rings. The Morgan fingerprint density at radius 1 is 1.21 bits per heavy atom. The number of amides is 1. The Balaban J connectivity index is 2.06. The summed E-state index contributed by atoms with van der Waals surface area (Å²) in [7, 11) is 3.59. The lowest BCUT2D eigenvalue weighted by atomic mass is 10.0. The normalized spacial score (nSPS) is 14.8. The number of carbonyl (C=O) groups excluding carboxylic acids is 1. The molecule has 0 saturated carbocycles. The molecule has 0 unspecified atom stereocenters. The predicted molar refractivity (Wildman–Crippen MR) is 139 cm³/mol. The number of pyridine rings is 1. The zero-order valence-corrected chi connectivity index (χ0v) is 21.3. The van der Waals surface area contributed by atoms with E-state index in [0.29, 0.717) is 32.7 Å². The summed E-state index contributed by atoms with van der Waals surface area (Å²) in [6.45, 7) is 7.05. The highest BCUT2D eigenvalue weighted by Gasteiger charge is 2.33. The van der Waals surface area contributed by atoms with Gasteiger partial charge in [-0.2, -0.15) is 5.26 Å². The standard InChI is InChI=1S/C25H28N4O2S2/c1-6-7-12-27(4)22-19(17(3)20(14-26)23(30)28(22)5)13-21-24(31)29(25(32)33-21)15-18-10-8-16(2)9-11-18/h8-11,13H,6-7,12,15H2,1-5H3/b21-13-. The number of benzene rings is 1. The van der Waals surface area contributed by atoms with Crippen molar-refractivity contribution in [2.75, 3.05) is 18.5 Å². The number of thiocarbonyl (C=S) groups is 1. The third kappa shape index (κ3) is 5.05. The first-order chi connectivity index (χ1) is 15.7. The molecule has 0 N–H and O–H groups in total. The molecule has 1 saturated heterocycles. The highest BCUT2D eigenvalue weighted by molar-refractivity contribution is 8.26. The summed E-state index contributed by atoms with van der Waals surface area (Å²) >= 11 is 6.76. The summed E-state index contributed by atoms with van der Waals surface area (Å²) in [4.78, 5) is 30.2. The molecule has 0 aliphatic carbocycles. The quantitative estimate of drug-likeness (QED) is 0.429. The average Bonchev–Trinajstić information content (AvgIpc) is 3.05. The monoisotopic (exact) mass is 480 g/mol. The molecule has 0 spiro atoms. The summed E-state index contributed by atoms with van der Waals surface area (Å²) in [6, 6.07) is 10.1. The zero-order valence-electron chi connectivity index (χ0n) is 19.6. The minimum absolute atomic E-state index is 0.0894. The second kappa shape index (κ2) is 10.4. The van der Waals surface area contributed by atoms with E-state index < -0.39 is 0 Å². The van der Waals surface area contributed by atoms with Crippen molar-refractivity contribution in [3.63, 3.8) is 0 Å². The Bertz CT molecular complexity index is 1220. The maximum absolute atomic E-state index is 13.3. The van der Waals surface area contributed by atoms with E-state index in [4.69, 9.17) is 12.2 Å². The van der Waals surface area contributed by atoms with Crippen molar-refractivity contribution in [2.24, 2.45) is 7.05 Å². The Kier molecular flexibility index (Phi) is 7.77. The Labute approximate surface area is 204 Å². The van der Waals surface area contributed by atoms with E-state index in [1.807, 2.05) is 49.2 Å². The van der Waals surface area contributed by atoms with Crippen LogP contribution in [-0.2, 0) is 18.4 Å². The van der Waals surface area contributed by atoms with E-state index in [1.54, 1.807) is 24.9 Å². The molecule has 3 rings (SSSR count). The number of carbonyl (C=O) groups is 1. The molecule has 2 heterocycles. The number of nitriles is 1. The molecule has 172 valence electrons. The minimum Gasteiger partial charge on any atom is -0.360 e. The van der Waals surface area contributed by atoms with Crippen molar-refractivity contribution in [2.45, 2.75) is 40.2 Å². The number of aromatic nitrogens is 1. The second-order valence-electron chi connectivity index (χ2n) is 8.24. The van der Waals surface area contributed by atoms with Gasteiger partial charge in [-0.25, -0.2) is 0 Å². The zero-order chi connectivity index (χ0) is 24.3. The number of hydrogen-bond donors (Lipinski definition) is 0. The van der Waals surface area contributed by atoms with Gasteiger partial charge in [0.2, 0.25) is 0 Å². The lowest BCUT2D eigenvalue weighted by Gasteiger charge is -2.25. The summed E-state index contributed by atoms with van der Waals surface area (Å²) in [6.07, 6.45) is 3.75. The van der Waals surface area contributed by atoms with Crippen LogP contribution in [0, 0.1) is 25.2 Å². The van der Waals surface area contributed by atoms with Gasteiger partial charge in [0.15, 0.2) is 0 Å². The van der Waals surface area contributed by atoms with Gasteiger partial charge in [0.05, 0.1) is 11.4 Å². The third-order valence-electron chi connectivity index (χ3n) is 5.79. The van der Waals surface area contributed by atoms with Crippen LogP contribution in [0.15, 0.2) is 34.0 Å². The number of rotatable bonds is 7.